The molecule has 1 aliphatic carbocycles. The number of hydrogen-bond acceptors (Lipinski definition) is 5. The molecule has 2 aromatic carbocycles. The average molecular weight is 420 g/mol. The number of benzene rings is 2. The summed E-state index contributed by atoms with van der Waals surface area (Å²) in [6.07, 6.45) is 0.789. The summed E-state index contributed by atoms with van der Waals surface area (Å²) < 4.78 is 5.20. The third kappa shape index (κ3) is 4.23. The summed E-state index contributed by atoms with van der Waals surface area (Å²) in [7, 11) is 0. The molecule has 4 rings (SSSR count). The second kappa shape index (κ2) is 8.46. The molecule has 1 fully saturated rings. The Morgan fingerprint density at radius 2 is 1.70 bits per heavy atom. The van der Waals surface area contributed by atoms with E-state index in [2.05, 4.69) is 21.3 Å². The van der Waals surface area contributed by atoms with Crippen LogP contribution in [0.2, 0.25) is 0 Å². The smallest absolute Gasteiger partial charge is 0.263 e. The van der Waals surface area contributed by atoms with Crippen LogP contribution in [-0.2, 0) is 4.79 Å². The molecule has 3 N–H and O–H groups in total. The van der Waals surface area contributed by atoms with E-state index in [1.54, 1.807) is 6.92 Å². The number of nitrogens with one attached hydrogen (secondary N) is 3. The topological polar surface area (TPSA) is 96.3 Å². The van der Waals surface area contributed by atoms with E-state index in [-0.39, 0.29) is 22.9 Å². The number of rotatable bonds is 4. The molecule has 0 aliphatic heterocycles. The number of hydrazine groups is 1. The van der Waals surface area contributed by atoms with Crippen LogP contribution in [0.4, 0.5) is 0 Å². The molecule has 0 radical (unpaired) electrons. The average Bonchev–Trinajstić information content (AvgIpc) is 3.48. The molecule has 1 heterocycles. The van der Waals surface area contributed by atoms with Gasteiger partial charge in [-0.15, -0.1) is 0 Å². The van der Waals surface area contributed by atoms with E-state index in [1.165, 1.54) is 0 Å². The summed E-state index contributed by atoms with van der Waals surface area (Å²) in [6, 6.07) is 19.2. The highest BCUT2D eigenvalue weighted by Gasteiger charge is 2.43. The van der Waals surface area contributed by atoms with Crippen molar-refractivity contribution in [3.8, 4) is 11.3 Å². The van der Waals surface area contributed by atoms with Gasteiger partial charge < -0.3 is 4.52 Å². The molecule has 1 saturated carbocycles. The lowest BCUT2D eigenvalue weighted by Crippen LogP contribution is -2.49. The minimum atomic E-state index is -0.465. The number of hydrogen-bond donors (Lipinski definition) is 3. The van der Waals surface area contributed by atoms with Crippen molar-refractivity contribution in [3.05, 3.63) is 77.6 Å². The van der Waals surface area contributed by atoms with Gasteiger partial charge in [0.15, 0.2) is 5.11 Å². The first-order valence-corrected chi connectivity index (χ1v) is 9.93. The second-order valence-electron chi connectivity index (χ2n) is 7.09. The van der Waals surface area contributed by atoms with Crippen LogP contribution in [0.3, 0.4) is 0 Å². The molecule has 3 aromatic rings. The predicted octanol–water partition coefficient (Wildman–Crippen LogP) is 3.09. The van der Waals surface area contributed by atoms with Gasteiger partial charge in [0.2, 0.25) is 5.91 Å². The lowest BCUT2D eigenvalue weighted by Gasteiger charge is -2.11. The summed E-state index contributed by atoms with van der Waals surface area (Å²) in [5.41, 5.74) is 7.79. The van der Waals surface area contributed by atoms with Gasteiger partial charge in [0, 0.05) is 11.5 Å². The molecule has 0 bridgehead atoms. The Hall–Kier alpha value is -3.52. The van der Waals surface area contributed by atoms with Crippen LogP contribution < -0.4 is 16.2 Å². The minimum absolute atomic E-state index is 0.00938. The van der Waals surface area contributed by atoms with Gasteiger partial charge >= 0.3 is 0 Å². The zero-order chi connectivity index (χ0) is 21.1. The second-order valence-corrected chi connectivity index (χ2v) is 7.49. The maximum absolute atomic E-state index is 12.7. The number of aromatic nitrogens is 1. The molecule has 152 valence electrons. The quantitative estimate of drug-likeness (QED) is 0.443. The molecule has 2 atom stereocenters. The van der Waals surface area contributed by atoms with Gasteiger partial charge in [-0.3, -0.25) is 25.8 Å². The van der Waals surface area contributed by atoms with Gasteiger partial charge in [0.05, 0.1) is 0 Å². The van der Waals surface area contributed by atoms with Crippen LogP contribution in [0.1, 0.15) is 34.0 Å². The molecular weight excluding hydrogens is 400 g/mol. The maximum atomic E-state index is 12.7. The summed E-state index contributed by atoms with van der Waals surface area (Å²) >= 11 is 5.15. The molecule has 8 heteroatoms. The largest absolute Gasteiger partial charge is 0.360 e. The van der Waals surface area contributed by atoms with Crippen molar-refractivity contribution in [1.82, 2.24) is 21.3 Å². The standard InChI is InChI=1S/C22H20N4O3S/c1-13-18(19(26-29-13)15-10-6-3-7-11-15)21(28)23-22(30)25-24-20(27)17-12-16(17)14-8-4-2-5-9-14/h2-11,16-17H,12H2,1H3,(H,24,27)(H2,23,25,28,30). The molecular formula is C22H20N4O3S. The lowest BCUT2D eigenvalue weighted by atomic mass is 10.1. The molecule has 2 unspecified atom stereocenters. The van der Waals surface area contributed by atoms with Crippen molar-refractivity contribution in [2.75, 3.05) is 0 Å². The molecule has 2 amide bonds. The van der Waals surface area contributed by atoms with E-state index in [9.17, 15) is 9.59 Å². The molecule has 1 aromatic heterocycles. The normalized spacial score (nSPS) is 17.1. The van der Waals surface area contributed by atoms with Gasteiger partial charge in [-0.1, -0.05) is 65.8 Å². The Kier molecular flexibility index (Phi) is 5.58. The van der Waals surface area contributed by atoms with E-state index >= 15 is 0 Å². The first kappa shape index (κ1) is 19.8. The van der Waals surface area contributed by atoms with Gasteiger partial charge in [-0.2, -0.15) is 0 Å². The third-order valence-electron chi connectivity index (χ3n) is 5.02. The van der Waals surface area contributed by atoms with Gasteiger partial charge in [0.1, 0.15) is 17.0 Å². The van der Waals surface area contributed by atoms with Crippen LogP contribution in [0.15, 0.2) is 65.2 Å². The Labute approximate surface area is 178 Å². The Balaban J connectivity index is 1.33. The van der Waals surface area contributed by atoms with Crippen molar-refractivity contribution in [3.63, 3.8) is 0 Å². The van der Waals surface area contributed by atoms with E-state index in [0.29, 0.717) is 17.0 Å². The van der Waals surface area contributed by atoms with E-state index in [4.69, 9.17) is 16.7 Å². The van der Waals surface area contributed by atoms with Gasteiger partial charge in [-0.05, 0) is 37.0 Å². The number of carbonyl (C=O) groups excluding carboxylic acids is 2. The maximum Gasteiger partial charge on any atom is 0.263 e. The van der Waals surface area contributed by atoms with E-state index in [1.807, 2.05) is 60.7 Å². The predicted molar refractivity (Wildman–Crippen MR) is 115 cm³/mol. The van der Waals surface area contributed by atoms with Crippen molar-refractivity contribution < 1.29 is 14.1 Å². The molecule has 0 saturated heterocycles. The lowest BCUT2D eigenvalue weighted by molar-refractivity contribution is -0.123. The van der Waals surface area contributed by atoms with Crippen LogP contribution in [0.5, 0.6) is 0 Å². The number of nitrogens with zero attached hydrogens (tertiary/aromatic N) is 1. The van der Waals surface area contributed by atoms with E-state index in [0.717, 1.165) is 17.5 Å². The highest BCUT2D eigenvalue weighted by Crippen LogP contribution is 2.47. The highest BCUT2D eigenvalue weighted by molar-refractivity contribution is 7.80. The Bertz CT molecular complexity index is 1080. The highest BCUT2D eigenvalue weighted by atomic mass is 32.1. The summed E-state index contributed by atoms with van der Waals surface area (Å²) in [4.78, 5) is 25.0. The monoisotopic (exact) mass is 420 g/mol. The molecule has 7 nitrogen and oxygen atoms in total. The first-order valence-electron chi connectivity index (χ1n) is 9.52. The fraction of sp³-hybridized carbons (Fsp3) is 0.182. The molecule has 0 spiro atoms. The summed E-state index contributed by atoms with van der Waals surface area (Å²) in [5.74, 6) is -0.144. The zero-order valence-electron chi connectivity index (χ0n) is 16.2. The third-order valence-corrected chi connectivity index (χ3v) is 5.22. The van der Waals surface area contributed by atoms with Crippen molar-refractivity contribution in [2.24, 2.45) is 5.92 Å². The first-order chi connectivity index (χ1) is 14.5. The minimum Gasteiger partial charge on any atom is -0.360 e. The van der Waals surface area contributed by atoms with Crippen LogP contribution in [0.25, 0.3) is 11.3 Å². The van der Waals surface area contributed by atoms with Gasteiger partial charge in [-0.25, -0.2) is 0 Å². The SMILES string of the molecule is Cc1onc(-c2ccccc2)c1C(=O)NC(=S)NNC(=O)C1CC1c1ccccc1. The molecule has 30 heavy (non-hydrogen) atoms. The number of amides is 2. The fourth-order valence-electron chi connectivity index (χ4n) is 3.39. The Morgan fingerprint density at radius 1 is 1.03 bits per heavy atom. The fourth-order valence-corrected chi connectivity index (χ4v) is 3.54. The van der Waals surface area contributed by atoms with Gasteiger partial charge in [0.25, 0.3) is 5.91 Å². The number of thiocarbonyl (C=S) groups is 1. The van der Waals surface area contributed by atoms with Crippen molar-refractivity contribution in [1.29, 1.82) is 0 Å². The van der Waals surface area contributed by atoms with Crippen molar-refractivity contribution >= 4 is 29.1 Å². The molecule has 1 aliphatic rings. The van der Waals surface area contributed by atoms with Crippen LogP contribution in [-0.4, -0.2) is 22.1 Å². The number of carbonyl (C=O) groups is 2. The number of aryl methyl sites for hydroxylation is 1. The Morgan fingerprint density at radius 3 is 2.40 bits per heavy atom. The van der Waals surface area contributed by atoms with Crippen molar-refractivity contribution in [2.45, 2.75) is 19.3 Å². The van der Waals surface area contributed by atoms with Crippen LogP contribution >= 0.6 is 12.2 Å². The summed E-state index contributed by atoms with van der Waals surface area (Å²) in [6.45, 7) is 1.66. The van der Waals surface area contributed by atoms with Crippen LogP contribution in [0, 0.1) is 12.8 Å². The summed E-state index contributed by atoms with van der Waals surface area (Å²) in [5, 5.41) is 6.54. The zero-order valence-corrected chi connectivity index (χ0v) is 17.0. The van der Waals surface area contributed by atoms with E-state index < -0.39 is 5.91 Å².